The van der Waals surface area contributed by atoms with Crippen molar-refractivity contribution in [3.63, 3.8) is 0 Å². The van der Waals surface area contributed by atoms with E-state index in [0.29, 0.717) is 41.1 Å². The molecule has 1 aromatic heterocycles. The van der Waals surface area contributed by atoms with E-state index in [-0.39, 0.29) is 17.9 Å². The molecular formula is C28H29NO6. The van der Waals surface area contributed by atoms with Gasteiger partial charge >= 0.3 is 0 Å². The third-order valence-corrected chi connectivity index (χ3v) is 5.79. The van der Waals surface area contributed by atoms with E-state index in [4.69, 9.17) is 13.9 Å². The third kappa shape index (κ3) is 5.09. The maximum Gasteiger partial charge on any atom is 0.296 e. The van der Waals surface area contributed by atoms with Crippen molar-refractivity contribution in [2.75, 3.05) is 13.7 Å². The third-order valence-electron chi connectivity index (χ3n) is 5.79. The fourth-order valence-electron chi connectivity index (χ4n) is 3.99. The van der Waals surface area contributed by atoms with Gasteiger partial charge in [-0.15, -0.1) is 0 Å². The molecule has 1 aliphatic rings. The number of furan rings is 1. The van der Waals surface area contributed by atoms with Gasteiger partial charge in [0.1, 0.15) is 34.8 Å². The van der Waals surface area contributed by atoms with Gasteiger partial charge in [-0.05, 0) is 66.9 Å². The number of aliphatic hydroxyl groups excluding tert-OH is 1. The van der Waals surface area contributed by atoms with Gasteiger partial charge in [-0.3, -0.25) is 9.59 Å². The zero-order chi connectivity index (χ0) is 25.1. The van der Waals surface area contributed by atoms with Crippen molar-refractivity contribution >= 4 is 17.4 Å². The van der Waals surface area contributed by atoms with E-state index in [1.54, 1.807) is 62.6 Å². The summed E-state index contributed by atoms with van der Waals surface area (Å²) in [5.74, 6) is 1.07. The second-order valence-corrected chi connectivity index (χ2v) is 8.95. The Kier molecular flexibility index (Phi) is 6.96. The molecule has 1 fully saturated rings. The molecule has 2 aromatic carbocycles. The summed E-state index contributed by atoms with van der Waals surface area (Å²) in [7, 11) is 1.58. The quantitative estimate of drug-likeness (QED) is 0.272. The zero-order valence-electron chi connectivity index (χ0n) is 20.3. The molecule has 2 heterocycles. The number of rotatable bonds is 8. The highest BCUT2D eigenvalue weighted by atomic mass is 16.5. The molecule has 0 aliphatic carbocycles. The summed E-state index contributed by atoms with van der Waals surface area (Å²) in [6.45, 7) is 6.63. The molecule has 1 unspecified atom stereocenters. The van der Waals surface area contributed by atoms with Gasteiger partial charge in [0.05, 0.1) is 19.3 Å². The van der Waals surface area contributed by atoms with Crippen LogP contribution in [0.4, 0.5) is 0 Å². The predicted molar refractivity (Wildman–Crippen MR) is 131 cm³/mol. The van der Waals surface area contributed by atoms with E-state index in [0.717, 1.165) is 5.56 Å². The molecule has 1 saturated heterocycles. The van der Waals surface area contributed by atoms with Gasteiger partial charge in [-0.25, -0.2) is 0 Å². The number of likely N-dealkylation sites (tertiary alicyclic amines) is 1. The maximum atomic E-state index is 13.2. The molecule has 182 valence electrons. The van der Waals surface area contributed by atoms with Crippen molar-refractivity contribution < 1.29 is 28.6 Å². The molecule has 0 bridgehead atoms. The highest BCUT2D eigenvalue weighted by Crippen LogP contribution is 2.41. The summed E-state index contributed by atoms with van der Waals surface area (Å²) in [5, 5.41) is 11.2. The number of hydrogen-bond acceptors (Lipinski definition) is 6. The minimum absolute atomic E-state index is 0.00582. The van der Waals surface area contributed by atoms with Crippen molar-refractivity contribution in [3.8, 4) is 11.5 Å². The van der Waals surface area contributed by atoms with Crippen LogP contribution in [0.1, 0.15) is 42.5 Å². The zero-order valence-corrected chi connectivity index (χ0v) is 20.3. The molecule has 7 nitrogen and oxygen atoms in total. The van der Waals surface area contributed by atoms with E-state index in [1.165, 1.54) is 4.90 Å². The van der Waals surface area contributed by atoms with Crippen LogP contribution < -0.4 is 9.47 Å². The van der Waals surface area contributed by atoms with Gasteiger partial charge in [0.25, 0.3) is 11.7 Å². The minimum atomic E-state index is -0.859. The maximum absolute atomic E-state index is 13.2. The van der Waals surface area contributed by atoms with Gasteiger partial charge < -0.3 is 23.9 Å². The van der Waals surface area contributed by atoms with Gasteiger partial charge in [0.2, 0.25) is 0 Å². The first-order valence-corrected chi connectivity index (χ1v) is 11.5. The molecule has 0 radical (unpaired) electrons. The number of methoxy groups -OCH3 is 1. The first kappa shape index (κ1) is 24.1. The summed E-state index contributed by atoms with van der Waals surface area (Å²) in [5.41, 5.74) is 1.22. The highest BCUT2D eigenvalue weighted by Gasteiger charge is 2.47. The number of hydrogen-bond donors (Lipinski definition) is 1. The number of aliphatic hydroxyl groups is 1. The smallest absolute Gasteiger partial charge is 0.296 e. The first-order chi connectivity index (χ1) is 16.8. The Morgan fingerprint density at radius 2 is 1.66 bits per heavy atom. The summed E-state index contributed by atoms with van der Waals surface area (Å²) in [4.78, 5) is 27.7. The van der Waals surface area contributed by atoms with Crippen LogP contribution in [0.3, 0.4) is 0 Å². The first-order valence-electron chi connectivity index (χ1n) is 11.5. The SMILES string of the molecule is COc1ccc(CN2C(=O)C(=O)/C(=C(\O)c3ccc(OCC(C)C)cc3)C2c2ccc(C)o2)cc1. The lowest BCUT2D eigenvalue weighted by Gasteiger charge is -2.23. The number of amides is 1. The van der Waals surface area contributed by atoms with Crippen LogP contribution in [0.15, 0.2) is 70.7 Å². The Morgan fingerprint density at radius 3 is 2.23 bits per heavy atom. The molecule has 4 rings (SSSR count). The Balaban J connectivity index is 1.72. The van der Waals surface area contributed by atoms with Crippen LogP contribution in [0.2, 0.25) is 0 Å². The average molecular weight is 476 g/mol. The number of nitrogens with zero attached hydrogens (tertiary/aromatic N) is 1. The fraction of sp³-hybridized carbons (Fsp3) is 0.286. The van der Waals surface area contributed by atoms with E-state index >= 15 is 0 Å². The van der Waals surface area contributed by atoms with Gasteiger partial charge in [-0.1, -0.05) is 26.0 Å². The van der Waals surface area contributed by atoms with Crippen LogP contribution in [-0.4, -0.2) is 35.4 Å². The molecule has 35 heavy (non-hydrogen) atoms. The minimum Gasteiger partial charge on any atom is -0.507 e. The second-order valence-electron chi connectivity index (χ2n) is 8.95. The topological polar surface area (TPSA) is 89.2 Å². The summed E-state index contributed by atoms with van der Waals surface area (Å²) >= 11 is 0. The molecule has 3 aromatic rings. The van der Waals surface area contributed by atoms with Crippen LogP contribution in [0.25, 0.3) is 5.76 Å². The van der Waals surface area contributed by atoms with Crippen molar-refractivity contribution in [1.29, 1.82) is 0 Å². The molecule has 1 N–H and O–H groups in total. The fourth-order valence-corrected chi connectivity index (χ4v) is 3.99. The highest BCUT2D eigenvalue weighted by molar-refractivity contribution is 6.46. The predicted octanol–water partition coefficient (Wildman–Crippen LogP) is 5.25. The normalized spacial score (nSPS) is 17.3. The number of benzene rings is 2. The number of carbonyl (C=O) groups excluding carboxylic acids is 2. The molecule has 1 atom stereocenters. The lowest BCUT2D eigenvalue weighted by Crippen LogP contribution is -2.29. The number of ether oxygens (including phenoxy) is 2. The van der Waals surface area contributed by atoms with Crippen molar-refractivity contribution in [3.05, 3.63) is 88.9 Å². The van der Waals surface area contributed by atoms with Crippen LogP contribution in [-0.2, 0) is 16.1 Å². The van der Waals surface area contributed by atoms with Crippen LogP contribution in [0.5, 0.6) is 11.5 Å². The Bertz CT molecular complexity index is 1240. The lowest BCUT2D eigenvalue weighted by molar-refractivity contribution is -0.140. The number of aryl methyl sites for hydroxylation is 1. The van der Waals surface area contributed by atoms with Gasteiger partial charge in [0.15, 0.2) is 0 Å². The summed E-state index contributed by atoms with van der Waals surface area (Å²) < 4.78 is 16.7. The second kappa shape index (κ2) is 10.1. The van der Waals surface area contributed by atoms with Crippen LogP contribution in [0, 0.1) is 12.8 Å². The molecule has 0 saturated carbocycles. The van der Waals surface area contributed by atoms with E-state index in [2.05, 4.69) is 13.8 Å². The Labute approximate surface area is 204 Å². The number of Topliss-reactive ketones (excluding diaryl/α,β-unsaturated/α-hetero) is 1. The molecular weight excluding hydrogens is 446 g/mol. The van der Waals surface area contributed by atoms with Crippen molar-refractivity contribution in [1.82, 2.24) is 4.90 Å². The lowest BCUT2D eigenvalue weighted by atomic mass is 9.99. The van der Waals surface area contributed by atoms with Gasteiger partial charge in [0, 0.05) is 12.1 Å². The number of ketones is 1. The van der Waals surface area contributed by atoms with E-state index < -0.39 is 17.7 Å². The van der Waals surface area contributed by atoms with Crippen molar-refractivity contribution in [2.24, 2.45) is 5.92 Å². The average Bonchev–Trinajstić information content (AvgIpc) is 3.39. The number of carbonyl (C=O) groups is 2. The Morgan fingerprint density at radius 1 is 1.00 bits per heavy atom. The summed E-state index contributed by atoms with van der Waals surface area (Å²) in [6, 6.07) is 16.7. The molecule has 1 aliphatic heterocycles. The summed E-state index contributed by atoms with van der Waals surface area (Å²) in [6.07, 6.45) is 0. The molecule has 0 spiro atoms. The molecule has 7 heteroatoms. The Hall–Kier alpha value is -4.00. The van der Waals surface area contributed by atoms with Gasteiger partial charge in [-0.2, -0.15) is 0 Å². The largest absolute Gasteiger partial charge is 0.507 e. The van der Waals surface area contributed by atoms with Crippen molar-refractivity contribution in [2.45, 2.75) is 33.4 Å². The van der Waals surface area contributed by atoms with E-state index in [1.807, 2.05) is 12.1 Å². The monoisotopic (exact) mass is 475 g/mol. The van der Waals surface area contributed by atoms with Crippen LogP contribution >= 0.6 is 0 Å². The molecule has 1 amide bonds. The standard InChI is InChI=1S/C28H29NO6/c1-17(2)16-34-22-12-8-20(9-13-22)26(30)24-25(23-14-5-18(3)35-23)29(28(32)27(24)31)15-19-6-10-21(33-4)11-7-19/h5-14,17,25,30H,15-16H2,1-4H3/b26-24-. The van der Waals surface area contributed by atoms with E-state index in [9.17, 15) is 14.7 Å².